The second-order valence-electron chi connectivity index (χ2n) is 12.0. The number of piperidine rings is 1. The van der Waals surface area contributed by atoms with E-state index in [9.17, 15) is 9.90 Å². The van der Waals surface area contributed by atoms with Crippen LogP contribution in [0.25, 0.3) is 32.9 Å². The fraction of sp³-hybridized carbons (Fsp3) is 0.424. The van der Waals surface area contributed by atoms with Crippen LogP contribution in [0, 0.1) is 17.0 Å². The molecule has 0 radical (unpaired) electrons. The molecule has 0 unspecified atom stereocenters. The minimum atomic E-state index is -0.918. The number of anilines is 1. The van der Waals surface area contributed by atoms with Gasteiger partial charge in [-0.05, 0) is 73.6 Å². The second kappa shape index (κ2) is 11.3. The number of halogens is 2. The number of aldehydes is 1. The molecule has 3 heterocycles. The predicted molar refractivity (Wildman–Crippen MR) is 160 cm³/mol. The zero-order valence-corrected chi connectivity index (χ0v) is 24.6. The van der Waals surface area contributed by atoms with Crippen LogP contribution in [0.4, 0.5) is 14.5 Å². The van der Waals surface area contributed by atoms with Gasteiger partial charge in [0.25, 0.3) is 0 Å². The number of rotatable bonds is 10. The summed E-state index contributed by atoms with van der Waals surface area (Å²) >= 11 is 0. The molecule has 1 saturated carbocycles. The lowest BCUT2D eigenvalue weighted by molar-refractivity contribution is -0.113. The molecule has 6 rings (SSSR count). The third kappa shape index (κ3) is 5.61. The highest BCUT2D eigenvalue weighted by Crippen LogP contribution is 2.44. The fourth-order valence-corrected chi connectivity index (χ4v) is 5.97. The summed E-state index contributed by atoms with van der Waals surface area (Å²) in [5, 5.41) is 12.5. The maximum atomic E-state index is 16.8. The predicted octanol–water partition coefficient (Wildman–Crippen LogP) is 5.98. The van der Waals surface area contributed by atoms with Crippen molar-refractivity contribution in [3.63, 3.8) is 0 Å². The Morgan fingerprint density at radius 2 is 1.95 bits per heavy atom. The van der Waals surface area contributed by atoms with Gasteiger partial charge in [-0.2, -0.15) is 0 Å². The lowest BCUT2D eigenvalue weighted by Crippen LogP contribution is -2.46. The van der Waals surface area contributed by atoms with Gasteiger partial charge < -0.3 is 29.0 Å². The van der Waals surface area contributed by atoms with Crippen LogP contribution in [0.5, 0.6) is 11.6 Å². The quantitative estimate of drug-likeness (QED) is 0.178. The smallest absolute Gasteiger partial charge is 0.216 e. The molecular weight excluding hydrogens is 556 g/mol. The molecule has 226 valence electrons. The Bertz CT molecular complexity index is 1710. The number of pyridine rings is 2. The molecule has 2 aromatic carbocycles. The van der Waals surface area contributed by atoms with Crippen LogP contribution in [0.1, 0.15) is 45.1 Å². The standard InChI is InChI=1S/C33H35F2N3O5/c1-4-22-25(34)7-6-20-12-21(43-19-41-3)13-23(28(20)22)30-29(35)31-24(15-36-30)26(38-11-5-8-32(2,40)16-38)14-27(37-31)42-18-33(17-39)9-10-33/h6-7,12-15,17,40H,4-5,8-11,16,18-19H2,1-3H3/t32-/m1/s1. The van der Waals surface area contributed by atoms with Crippen LogP contribution in [-0.2, 0) is 16.0 Å². The molecule has 0 spiro atoms. The summed E-state index contributed by atoms with van der Waals surface area (Å²) in [7, 11) is 1.50. The number of β-amino-alcohol motifs (C(OH)–C–C–N with tert-alkyl or cyclic N) is 1. The Hall–Kier alpha value is -3.89. The van der Waals surface area contributed by atoms with Crippen LogP contribution in [0.2, 0.25) is 0 Å². The topological polar surface area (TPSA) is 94.0 Å². The number of hydrogen-bond donors (Lipinski definition) is 1. The van der Waals surface area contributed by atoms with E-state index in [4.69, 9.17) is 14.2 Å². The first-order chi connectivity index (χ1) is 20.7. The van der Waals surface area contributed by atoms with Crippen LogP contribution >= 0.6 is 0 Å². The largest absolute Gasteiger partial charge is 0.477 e. The minimum absolute atomic E-state index is 0.00605. The molecule has 2 aliphatic rings. The molecule has 0 amide bonds. The first-order valence-corrected chi connectivity index (χ1v) is 14.6. The number of ether oxygens (including phenoxy) is 3. The maximum Gasteiger partial charge on any atom is 0.216 e. The van der Waals surface area contributed by atoms with Gasteiger partial charge in [-0.15, -0.1) is 0 Å². The first kappa shape index (κ1) is 29.2. The molecule has 0 bridgehead atoms. The van der Waals surface area contributed by atoms with E-state index in [0.717, 1.165) is 25.5 Å². The average molecular weight is 592 g/mol. The second-order valence-corrected chi connectivity index (χ2v) is 12.0. The van der Waals surface area contributed by atoms with Crippen molar-refractivity contribution in [2.75, 3.05) is 38.5 Å². The summed E-state index contributed by atoms with van der Waals surface area (Å²) in [6.45, 7) is 4.75. The molecule has 1 aliphatic heterocycles. The van der Waals surface area contributed by atoms with Gasteiger partial charge in [0.2, 0.25) is 5.88 Å². The van der Waals surface area contributed by atoms with Crippen molar-refractivity contribution in [2.45, 2.75) is 51.6 Å². The summed E-state index contributed by atoms with van der Waals surface area (Å²) < 4.78 is 48.6. The van der Waals surface area contributed by atoms with Gasteiger partial charge in [0, 0.05) is 43.4 Å². The Labute approximate surface area is 248 Å². The van der Waals surface area contributed by atoms with E-state index < -0.39 is 16.8 Å². The molecule has 43 heavy (non-hydrogen) atoms. The lowest BCUT2D eigenvalue weighted by atomic mass is 9.93. The molecule has 2 fully saturated rings. The number of aliphatic hydroxyl groups is 1. The number of nitrogens with zero attached hydrogens (tertiary/aromatic N) is 3. The normalized spacial score (nSPS) is 19.5. The van der Waals surface area contributed by atoms with Crippen molar-refractivity contribution in [2.24, 2.45) is 5.41 Å². The van der Waals surface area contributed by atoms with Crippen molar-refractivity contribution in [1.29, 1.82) is 0 Å². The first-order valence-electron chi connectivity index (χ1n) is 14.6. The van der Waals surface area contributed by atoms with Gasteiger partial charge in [0.15, 0.2) is 12.6 Å². The van der Waals surface area contributed by atoms with E-state index in [1.54, 1.807) is 37.4 Å². The molecule has 1 N–H and O–H groups in total. The van der Waals surface area contributed by atoms with E-state index >= 15 is 8.78 Å². The van der Waals surface area contributed by atoms with Crippen LogP contribution in [-0.4, -0.2) is 60.6 Å². The van der Waals surface area contributed by atoms with Gasteiger partial charge >= 0.3 is 0 Å². The van der Waals surface area contributed by atoms with Gasteiger partial charge in [-0.3, -0.25) is 4.98 Å². The number of carbonyl (C=O) groups excluding carboxylic acids is 1. The Kier molecular flexibility index (Phi) is 7.68. The van der Waals surface area contributed by atoms with Crippen molar-refractivity contribution >= 4 is 33.6 Å². The number of benzene rings is 2. The monoisotopic (exact) mass is 591 g/mol. The highest BCUT2D eigenvalue weighted by atomic mass is 19.1. The summed E-state index contributed by atoms with van der Waals surface area (Å²) in [5.41, 5.74) is 0.0211. The summed E-state index contributed by atoms with van der Waals surface area (Å²) in [5.74, 6) is -0.482. The number of aromatic nitrogens is 2. The highest BCUT2D eigenvalue weighted by Gasteiger charge is 2.43. The van der Waals surface area contributed by atoms with Gasteiger partial charge in [-0.1, -0.05) is 13.0 Å². The van der Waals surface area contributed by atoms with Crippen LogP contribution < -0.4 is 14.4 Å². The molecule has 10 heteroatoms. The van der Waals surface area contributed by atoms with E-state index in [1.807, 2.05) is 11.8 Å². The minimum Gasteiger partial charge on any atom is -0.477 e. The summed E-state index contributed by atoms with van der Waals surface area (Å²) in [6.07, 6.45) is 5.74. The van der Waals surface area contributed by atoms with E-state index in [1.165, 1.54) is 13.2 Å². The Morgan fingerprint density at radius 3 is 2.65 bits per heavy atom. The number of fused-ring (bicyclic) bond motifs is 2. The van der Waals surface area contributed by atoms with E-state index in [0.29, 0.717) is 64.7 Å². The third-order valence-electron chi connectivity index (χ3n) is 8.51. The van der Waals surface area contributed by atoms with E-state index in [2.05, 4.69) is 9.97 Å². The molecule has 8 nitrogen and oxygen atoms in total. The van der Waals surface area contributed by atoms with Gasteiger partial charge in [0.05, 0.1) is 16.7 Å². The Balaban J connectivity index is 1.55. The highest BCUT2D eigenvalue weighted by molar-refractivity contribution is 6.02. The van der Waals surface area contributed by atoms with Crippen LogP contribution in [0.3, 0.4) is 0 Å². The van der Waals surface area contributed by atoms with Crippen LogP contribution in [0.15, 0.2) is 36.5 Å². The zero-order chi connectivity index (χ0) is 30.4. The number of carbonyl (C=O) groups is 1. The van der Waals surface area contributed by atoms with Crippen molar-refractivity contribution in [1.82, 2.24) is 9.97 Å². The molecule has 2 aromatic heterocycles. The van der Waals surface area contributed by atoms with E-state index in [-0.39, 0.29) is 36.3 Å². The number of hydrogen-bond acceptors (Lipinski definition) is 8. The molecule has 1 atom stereocenters. The maximum absolute atomic E-state index is 16.8. The summed E-state index contributed by atoms with van der Waals surface area (Å²) in [4.78, 5) is 22.7. The molecule has 1 saturated heterocycles. The lowest BCUT2D eigenvalue weighted by Gasteiger charge is -2.38. The van der Waals surface area contributed by atoms with Crippen molar-refractivity contribution in [3.8, 4) is 22.9 Å². The average Bonchev–Trinajstić information content (AvgIpc) is 3.79. The fourth-order valence-electron chi connectivity index (χ4n) is 5.97. The third-order valence-corrected chi connectivity index (χ3v) is 8.51. The molecular formula is C33H35F2N3O5. The Morgan fingerprint density at radius 1 is 1.14 bits per heavy atom. The van der Waals surface area contributed by atoms with Gasteiger partial charge in [-0.25, -0.2) is 13.8 Å². The zero-order valence-electron chi connectivity index (χ0n) is 24.6. The van der Waals surface area contributed by atoms with Gasteiger partial charge in [0.1, 0.15) is 35.7 Å². The molecule has 4 aromatic rings. The number of methoxy groups -OCH3 is 1. The summed E-state index contributed by atoms with van der Waals surface area (Å²) in [6, 6.07) is 8.16. The SMILES string of the molecule is CCc1c(F)ccc2cc(OCOC)cc(-c3ncc4c(N5CCC[C@@](C)(O)C5)cc(OCC5(C=O)CC5)nc4c3F)c12. The van der Waals surface area contributed by atoms with Crippen molar-refractivity contribution < 1.29 is 32.9 Å². The molecule has 1 aliphatic carbocycles. The number of aryl methyl sites for hydroxylation is 1. The van der Waals surface area contributed by atoms with Crippen molar-refractivity contribution in [3.05, 3.63) is 53.7 Å².